The molecule has 0 amide bonds. The van der Waals surface area contributed by atoms with Crippen molar-refractivity contribution in [1.82, 2.24) is 0 Å². The molecule has 0 saturated heterocycles. The third-order valence-corrected chi connectivity index (χ3v) is 6.52. The number of hydrogen-bond donors (Lipinski definition) is 2. The van der Waals surface area contributed by atoms with E-state index >= 15 is 0 Å². The summed E-state index contributed by atoms with van der Waals surface area (Å²) in [4.78, 5) is 11.9. The van der Waals surface area contributed by atoms with Crippen LogP contribution in [0.15, 0.2) is 66.8 Å². The molecule has 2 N–H and O–H groups in total. The fourth-order valence-corrected chi connectivity index (χ4v) is 4.93. The molecule has 2 aromatic rings. The highest BCUT2D eigenvalue weighted by Crippen LogP contribution is 2.39. The van der Waals surface area contributed by atoms with Crippen LogP contribution in [0, 0.1) is 11.8 Å². The number of aliphatic hydroxyl groups excluding tert-OH is 1. The van der Waals surface area contributed by atoms with Crippen LogP contribution in [0.5, 0.6) is 0 Å². The van der Waals surface area contributed by atoms with Crippen molar-refractivity contribution in [2.24, 2.45) is 11.8 Å². The molecule has 28 heavy (non-hydrogen) atoms. The van der Waals surface area contributed by atoms with Gasteiger partial charge in [0.1, 0.15) is 0 Å². The van der Waals surface area contributed by atoms with Gasteiger partial charge in [0.25, 0.3) is 0 Å². The van der Waals surface area contributed by atoms with Crippen molar-refractivity contribution in [2.75, 3.05) is 0 Å². The van der Waals surface area contributed by atoms with Crippen LogP contribution >= 0.6 is 11.3 Å². The maximum Gasteiger partial charge on any atom is 0.303 e. The average Bonchev–Trinajstić information content (AvgIpc) is 3.18. The third kappa shape index (κ3) is 5.43. The molecule has 1 aliphatic rings. The fourth-order valence-electron chi connectivity index (χ4n) is 3.89. The second-order valence-electron chi connectivity index (χ2n) is 7.49. The topological polar surface area (TPSA) is 57.5 Å². The Hall–Kier alpha value is -2.17. The standard InChI is InChI=1S/C24H28O3S/c1-17-15-22(25)21(20(17)11-4-2-3-5-14-24(26)27)12-8-10-19-16-18-9-6-7-13-23(18)28-19/h2,4,6-9,12-13,16,20-22,25H,1,3,5,10-11,14-15H2,(H,26,27)/b4-2-,12-8+/t20-,21?,22+/m0/s1. The number of carbonyl (C=O) groups is 1. The summed E-state index contributed by atoms with van der Waals surface area (Å²) in [5.41, 5.74) is 1.11. The van der Waals surface area contributed by atoms with Crippen molar-refractivity contribution in [3.8, 4) is 0 Å². The second-order valence-corrected chi connectivity index (χ2v) is 8.66. The number of aliphatic hydroxyl groups is 1. The molecule has 1 fully saturated rings. The number of carboxylic acids is 1. The Morgan fingerprint density at radius 2 is 2.07 bits per heavy atom. The van der Waals surface area contributed by atoms with Crippen LogP contribution in [0.3, 0.4) is 0 Å². The molecule has 4 heteroatoms. The zero-order chi connectivity index (χ0) is 19.9. The number of thiophene rings is 1. The summed E-state index contributed by atoms with van der Waals surface area (Å²) >= 11 is 1.82. The van der Waals surface area contributed by atoms with Crippen LogP contribution in [0.2, 0.25) is 0 Å². The quantitative estimate of drug-likeness (QED) is 0.419. The highest BCUT2D eigenvalue weighted by atomic mass is 32.1. The number of rotatable bonds is 9. The number of allylic oxidation sites excluding steroid dienone is 3. The molecule has 1 unspecified atom stereocenters. The van der Waals surface area contributed by atoms with Gasteiger partial charge in [-0.25, -0.2) is 0 Å². The number of carboxylic acid groups (broad SMARTS) is 1. The van der Waals surface area contributed by atoms with Crippen LogP contribution in [0.1, 0.15) is 37.0 Å². The summed E-state index contributed by atoms with van der Waals surface area (Å²) in [5, 5.41) is 20.4. The van der Waals surface area contributed by atoms with Gasteiger partial charge in [0, 0.05) is 21.9 Å². The summed E-state index contributed by atoms with van der Waals surface area (Å²) in [5.74, 6) is -0.389. The van der Waals surface area contributed by atoms with E-state index in [1.807, 2.05) is 11.3 Å². The lowest BCUT2D eigenvalue weighted by Crippen LogP contribution is -2.16. The first-order valence-electron chi connectivity index (χ1n) is 9.91. The summed E-state index contributed by atoms with van der Waals surface area (Å²) < 4.78 is 1.31. The average molecular weight is 397 g/mol. The first kappa shape index (κ1) is 20.6. The largest absolute Gasteiger partial charge is 0.481 e. The summed E-state index contributed by atoms with van der Waals surface area (Å²) in [7, 11) is 0. The van der Waals surface area contributed by atoms with Crippen molar-refractivity contribution >= 4 is 27.4 Å². The fraction of sp³-hybridized carbons (Fsp3) is 0.375. The zero-order valence-corrected chi connectivity index (χ0v) is 16.9. The first-order valence-corrected chi connectivity index (χ1v) is 10.7. The molecular weight excluding hydrogens is 368 g/mol. The van der Waals surface area contributed by atoms with Crippen LogP contribution in [-0.4, -0.2) is 22.3 Å². The zero-order valence-electron chi connectivity index (χ0n) is 16.1. The molecule has 1 saturated carbocycles. The molecule has 0 bridgehead atoms. The molecule has 1 heterocycles. The smallest absolute Gasteiger partial charge is 0.303 e. The maximum absolute atomic E-state index is 10.5. The number of fused-ring (bicyclic) bond motifs is 1. The normalized spacial score (nSPS) is 22.8. The lowest BCUT2D eigenvalue weighted by molar-refractivity contribution is -0.137. The van der Waals surface area contributed by atoms with E-state index in [4.69, 9.17) is 5.11 Å². The highest BCUT2D eigenvalue weighted by Gasteiger charge is 2.34. The SMILES string of the molecule is C=C1C[C@@H](O)C(/C=C/Cc2cc3ccccc3s2)[C@H]1C/C=C\CCCC(=O)O. The molecule has 3 rings (SSSR count). The van der Waals surface area contributed by atoms with E-state index in [9.17, 15) is 9.90 Å². The third-order valence-electron chi connectivity index (χ3n) is 5.38. The minimum absolute atomic E-state index is 0.102. The molecule has 1 aromatic heterocycles. The first-order chi connectivity index (χ1) is 13.5. The Morgan fingerprint density at radius 1 is 1.25 bits per heavy atom. The van der Waals surface area contributed by atoms with Gasteiger partial charge in [-0.15, -0.1) is 11.3 Å². The summed E-state index contributed by atoms with van der Waals surface area (Å²) in [6, 6.07) is 10.7. The van der Waals surface area contributed by atoms with Crippen molar-refractivity contribution in [2.45, 2.75) is 44.6 Å². The van der Waals surface area contributed by atoms with Crippen LogP contribution in [0.4, 0.5) is 0 Å². The van der Waals surface area contributed by atoms with E-state index in [1.165, 1.54) is 15.0 Å². The predicted octanol–water partition coefficient (Wildman–Crippen LogP) is 5.75. The van der Waals surface area contributed by atoms with E-state index < -0.39 is 5.97 Å². The van der Waals surface area contributed by atoms with Gasteiger partial charge in [-0.2, -0.15) is 0 Å². The van der Waals surface area contributed by atoms with Gasteiger partial charge in [0.05, 0.1) is 6.10 Å². The minimum Gasteiger partial charge on any atom is -0.481 e. The molecule has 0 radical (unpaired) electrons. The molecular formula is C24H28O3S. The predicted molar refractivity (Wildman–Crippen MR) is 117 cm³/mol. The van der Waals surface area contributed by atoms with Crippen molar-refractivity contribution in [1.29, 1.82) is 0 Å². The van der Waals surface area contributed by atoms with Crippen LogP contribution in [0.25, 0.3) is 10.1 Å². The maximum atomic E-state index is 10.5. The Labute approximate surface area is 170 Å². The molecule has 0 spiro atoms. The van der Waals surface area contributed by atoms with Crippen LogP contribution in [-0.2, 0) is 11.2 Å². The van der Waals surface area contributed by atoms with Gasteiger partial charge in [-0.1, -0.05) is 54.7 Å². The number of aliphatic carboxylic acids is 1. The van der Waals surface area contributed by atoms with E-state index in [1.54, 1.807) is 0 Å². The van der Waals surface area contributed by atoms with Crippen molar-refractivity contribution in [3.05, 3.63) is 71.7 Å². The van der Waals surface area contributed by atoms with E-state index in [0.717, 1.165) is 24.8 Å². The van der Waals surface area contributed by atoms with E-state index in [-0.39, 0.29) is 24.4 Å². The van der Waals surface area contributed by atoms with Gasteiger partial charge in [0.2, 0.25) is 0 Å². The molecule has 1 aromatic carbocycles. The lowest BCUT2D eigenvalue weighted by Gasteiger charge is -2.17. The Morgan fingerprint density at radius 3 is 2.86 bits per heavy atom. The number of benzene rings is 1. The van der Waals surface area contributed by atoms with Gasteiger partial charge >= 0.3 is 5.97 Å². The lowest BCUT2D eigenvalue weighted by atomic mass is 9.89. The second kappa shape index (κ2) is 9.85. The highest BCUT2D eigenvalue weighted by molar-refractivity contribution is 7.19. The van der Waals surface area contributed by atoms with E-state index in [2.05, 4.69) is 61.2 Å². The summed E-state index contributed by atoms with van der Waals surface area (Å²) in [6.45, 7) is 4.17. The Kier molecular flexibility index (Phi) is 7.24. The Bertz CT molecular complexity index is 844. The molecule has 148 valence electrons. The monoisotopic (exact) mass is 396 g/mol. The van der Waals surface area contributed by atoms with E-state index in [0.29, 0.717) is 12.8 Å². The molecule has 0 aliphatic heterocycles. The molecule has 3 atom stereocenters. The van der Waals surface area contributed by atoms with Gasteiger partial charge in [-0.05, 0) is 55.5 Å². The Balaban J connectivity index is 1.55. The van der Waals surface area contributed by atoms with Crippen molar-refractivity contribution < 1.29 is 15.0 Å². The van der Waals surface area contributed by atoms with Crippen molar-refractivity contribution in [3.63, 3.8) is 0 Å². The minimum atomic E-state index is -0.746. The van der Waals surface area contributed by atoms with Gasteiger partial charge < -0.3 is 10.2 Å². The number of hydrogen-bond acceptors (Lipinski definition) is 3. The molecule has 3 nitrogen and oxygen atoms in total. The van der Waals surface area contributed by atoms with Crippen LogP contribution < -0.4 is 0 Å². The van der Waals surface area contributed by atoms with Gasteiger partial charge in [0.15, 0.2) is 0 Å². The number of unbranched alkanes of at least 4 members (excludes halogenated alkanes) is 1. The molecule has 1 aliphatic carbocycles. The summed E-state index contributed by atoms with van der Waals surface area (Å²) in [6.07, 6.45) is 12.2. The van der Waals surface area contributed by atoms with Gasteiger partial charge in [-0.3, -0.25) is 4.79 Å².